The van der Waals surface area contributed by atoms with E-state index in [-0.39, 0.29) is 81.6 Å². The third kappa shape index (κ3) is 6.06. The summed E-state index contributed by atoms with van der Waals surface area (Å²) in [5, 5.41) is 15.3. The molecule has 0 radical (unpaired) electrons. The van der Waals surface area contributed by atoms with E-state index in [0.29, 0.717) is 0 Å². The summed E-state index contributed by atoms with van der Waals surface area (Å²) in [4.78, 5) is 35.1. The normalized spacial score (nSPS) is 18.5. The van der Waals surface area contributed by atoms with Gasteiger partial charge in [-0.3, -0.25) is 14.6 Å². The molecule has 6 rings (SSSR count). The maximum Gasteiger partial charge on any atom is 0.251 e. The number of alkyl halides is 1. The number of halogens is 3. The molecular formula is C36H34F3N5O6. The van der Waals surface area contributed by atoms with Crippen molar-refractivity contribution in [3.63, 3.8) is 0 Å². The molecule has 0 spiro atoms. The molecule has 2 atom stereocenters. The van der Waals surface area contributed by atoms with Gasteiger partial charge in [0, 0.05) is 47.4 Å². The molecule has 260 valence electrons. The molecule has 3 aromatic carbocycles. The Labute approximate surface area is 285 Å². The molecule has 0 saturated heterocycles. The number of anilines is 1. The maximum absolute atomic E-state index is 14.7. The number of aliphatic imine (C=N–C) groups is 1. The Morgan fingerprint density at radius 2 is 1.76 bits per heavy atom. The zero-order valence-corrected chi connectivity index (χ0v) is 27.4. The van der Waals surface area contributed by atoms with Gasteiger partial charge < -0.3 is 36.1 Å². The fourth-order valence-corrected chi connectivity index (χ4v) is 5.70. The number of aliphatic hydroxyl groups is 1. The average Bonchev–Trinajstić information content (AvgIpc) is 3.75. The minimum atomic E-state index is -2.09. The first kappa shape index (κ1) is 34.2. The predicted octanol–water partition coefficient (Wildman–Crippen LogP) is 4.31. The van der Waals surface area contributed by atoms with E-state index in [0.717, 1.165) is 12.1 Å². The summed E-state index contributed by atoms with van der Waals surface area (Å²) >= 11 is 0. The Morgan fingerprint density at radius 1 is 1.08 bits per heavy atom. The minimum absolute atomic E-state index is 0.0258. The highest BCUT2D eigenvalue weighted by atomic mass is 19.2. The Bertz CT molecular complexity index is 2040. The molecule has 50 heavy (non-hydrogen) atoms. The number of carbonyl (C=O) groups excluding carboxylic acids is 2. The number of pyridine rings is 1. The number of methoxy groups -OCH3 is 2. The van der Waals surface area contributed by atoms with Crippen LogP contribution in [0.5, 0.6) is 17.2 Å². The molecule has 0 bridgehead atoms. The van der Waals surface area contributed by atoms with Crippen molar-refractivity contribution in [3.05, 3.63) is 100 Å². The van der Waals surface area contributed by atoms with Crippen molar-refractivity contribution in [3.8, 4) is 28.5 Å². The van der Waals surface area contributed by atoms with Gasteiger partial charge in [0.05, 0.1) is 32.1 Å². The van der Waals surface area contributed by atoms with Gasteiger partial charge in [0.25, 0.3) is 5.91 Å². The molecule has 14 heteroatoms. The Hall–Kier alpha value is -5.63. The van der Waals surface area contributed by atoms with Gasteiger partial charge in [-0.1, -0.05) is 30.3 Å². The van der Waals surface area contributed by atoms with Crippen molar-refractivity contribution in [2.45, 2.75) is 36.6 Å². The van der Waals surface area contributed by atoms with E-state index in [1.165, 1.54) is 38.6 Å². The van der Waals surface area contributed by atoms with Gasteiger partial charge in [-0.05, 0) is 36.8 Å². The third-order valence-electron chi connectivity index (χ3n) is 9.05. The first-order valence-corrected chi connectivity index (χ1v) is 15.5. The molecule has 1 aliphatic heterocycles. The van der Waals surface area contributed by atoms with Crippen LogP contribution in [0, 0.1) is 11.6 Å². The highest BCUT2D eigenvalue weighted by Crippen LogP contribution is 2.48. The lowest BCUT2D eigenvalue weighted by molar-refractivity contribution is -0.123. The van der Waals surface area contributed by atoms with Gasteiger partial charge in [0.15, 0.2) is 17.4 Å². The zero-order valence-electron chi connectivity index (χ0n) is 27.4. The molecule has 1 fully saturated rings. The largest absolute Gasteiger partial charge is 0.496 e. The lowest BCUT2D eigenvalue weighted by Crippen LogP contribution is -2.43. The van der Waals surface area contributed by atoms with Gasteiger partial charge >= 0.3 is 0 Å². The first-order chi connectivity index (χ1) is 23.7. The number of primary amides is 1. The number of rotatable bonds is 11. The molecular weight excluding hydrogens is 655 g/mol. The van der Waals surface area contributed by atoms with E-state index in [1.807, 2.05) is 0 Å². The lowest BCUT2D eigenvalue weighted by Gasteiger charge is -2.30. The fourth-order valence-electron chi connectivity index (χ4n) is 5.70. The van der Waals surface area contributed by atoms with E-state index < -0.39 is 46.8 Å². The van der Waals surface area contributed by atoms with Crippen LogP contribution in [0.4, 0.5) is 18.9 Å². The minimum Gasteiger partial charge on any atom is -0.496 e. The number of hydrogen-bond donors (Lipinski definition) is 4. The van der Waals surface area contributed by atoms with Crippen LogP contribution in [0.25, 0.3) is 11.3 Å². The summed E-state index contributed by atoms with van der Waals surface area (Å²) in [6.07, 6.45) is 1.82. The number of nitrogen functional groups attached to an aromatic ring is 1. The highest BCUT2D eigenvalue weighted by Gasteiger charge is 2.46. The third-order valence-corrected chi connectivity index (χ3v) is 9.05. The quantitative estimate of drug-likeness (QED) is 0.103. The van der Waals surface area contributed by atoms with Crippen molar-refractivity contribution in [2.24, 2.45) is 10.7 Å². The summed E-state index contributed by atoms with van der Waals surface area (Å²) in [7, 11) is 2.62. The van der Waals surface area contributed by atoms with Crippen LogP contribution in [0.15, 0.2) is 65.7 Å². The monoisotopic (exact) mass is 689 g/mol. The molecule has 0 unspecified atom stereocenters. The van der Waals surface area contributed by atoms with E-state index in [4.69, 9.17) is 25.7 Å². The van der Waals surface area contributed by atoms with Crippen LogP contribution >= 0.6 is 0 Å². The fraction of sp³-hybridized carbons (Fsp3) is 0.278. The average molecular weight is 690 g/mol. The summed E-state index contributed by atoms with van der Waals surface area (Å²) in [6, 6.07) is 14.2. The predicted molar refractivity (Wildman–Crippen MR) is 178 cm³/mol. The van der Waals surface area contributed by atoms with E-state index >= 15 is 0 Å². The van der Waals surface area contributed by atoms with Gasteiger partial charge in [-0.15, -0.1) is 0 Å². The molecule has 2 heterocycles. The second-order valence-electron chi connectivity index (χ2n) is 12.5. The summed E-state index contributed by atoms with van der Waals surface area (Å²) in [5.41, 5.74) is 9.32. The molecule has 6 N–H and O–H groups in total. The maximum atomic E-state index is 14.7. The molecule has 1 aromatic heterocycles. The number of ether oxygens (including phenoxy) is 3. The van der Waals surface area contributed by atoms with Gasteiger partial charge in [-0.25, -0.2) is 18.2 Å². The zero-order chi connectivity index (χ0) is 36.0. The topological polar surface area (TPSA) is 171 Å². The van der Waals surface area contributed by atoms with E-state index in [2.05, 4.69) is 15.3 Å². The number of benzene rings is 3. The number of fused-ring (bicyclic) bond motifs is 1. The first-order valence-electron chi connectivity index (χ1n) is 15.5. The number of nitrogens with zero attached hydrogens (tertiary/aromatic N) is 2. The number of carbonyl (C=O) groups is 2. The van der Waals surface area contributed by atoms with Gasteiger partial charge in [0.1, 0.15) is 40.6 Å². The number of nitrogens with two attached hydrogens (primary N) is 2. The van der Waals surface area contributed by atoms with Gasteiger partial charge in [0.2, 0.25) is 5.91 Å². The van der Waals surface area contributed by atoms with Crippen LogP contribution in [0.2, 0.25) is 0 Å². The number of amides is 2. The Kier molecular flexibility index (Phi) is 8.68. The van der Waals surface area contributed by atoms with E-state index in [9.17, 15) is 27.9 Å². The standard InChI is InChI=1S/C36H34F3N5O6/c1-34(33(41)46)18-50-31-23(34)14-28(44-30(31)22-13-24(37)25(38)15-26(22)48-2)36(47,21-7-5-4-6-8-21)17-42-32(45)19-11-20(16-43-35(39)9-10-35)29(40)27(12-19)49-3/h4-8,11-16,47H,9-10,17-18,40H2,1-3H3,(H2,41,46)(H,42,45)/b43-16+/t34-,36+/m0/s1. The van der Waals surface area contributed by atoms with Crippen LogP contribution < -0.4 is 31.0 Å². The molecule has 1 saturated carbocycles. The van der Waals surface area contributed by atoms with E-state index in [1.54, 1.807) is 37.3 Å². The van der Waals surface area contributed by atoms with Crippen molar-refractivity contribution in [2.75, 3.05) is 33.1 Å². The number of nitrogens with one attached hydrogen (secondary N) is 1. The second-order valence-corrected chi connectivity index (χ2v) is 12.5. The summed E-state index contributed by atoms with van der Waals surface area (Å²) in [5.74, 6) is -5.33. The van der Waals surface area contributed by atoms with Crippen LogP contribution in [-0.4, -0.2) is 61.3 Å². The molecule has 2 amide bonds. The molecule has 11 nitrogen and oxygen atoms in total. The smallest absolute Gasteiger partial charge is 0.251 e. The lowest BCUT2D eigenvalue weighted by atomic mass is 9.80. The number of hydrogen-bond acceptors (Lipinski definition) is 9. The van der Waals surface area contributed by atoms with Crippen molar-refractivity contribution in [1.82, 2.24) is 10.3 Å². The molecule has 2 aliphatic rings. The summed E-state index contributed by atoms with van der Waals surface area (Å²) < 4.78 is 59.8. The van der Waals surface area contributed by atoms with Crippen molar-refractivity contribution in [1.29, 1.82) is 0 Å². The number of aromatic nitrogens is 1. The van der Waals surface area contributed by atoms with Crippen LogP contribution in [0.3, 0.4) is 0 Å². The molecule has 1 aliphatic carbocycles. The van der Waals surface area contributed by atoms with Crippen LogP contribution in [-0.2, 0) is 15.8 Å². The van der Waals surface area contributed by atoms with Gasteiger partial charge in [-0.2, -0.15) is 0 Å². The summed E-state index contributed by atoms with van der Waals surface area (Å²) in [6.45, 7) is 0.869. The SMILES string of the molecule is COc1cc(F)c(F)cc1-c1nc([C@@](O)(CNC(=O)c2cc(/C=N/C3(F)CC3)c(N)c(OC)c2)c2ccccc2)cc2c1OC[C@]2(C)C(N)=O. The molecule has 4 aromatic rings. The van der Waals surface area contributed by atoms with Crippen molar-refractivity contribution >= 4 is 23.7 Å². The Balaban J connectivity index is 1.47. The second kappa shape index (κ2) is 12.7. The van der Waals surface area contributed by atoms with Crippen LogP contribution in [0.1, 0.15) is 52.5 Å². The van der Waals surface area contributed by atoms with Crippen molar-refractivity contribution < 1.29 is 42.1 Å². The highest BCUT2D eigenvalue weighted by molar-refractivity contribution is 5.99. The Morgan fingerprint density at radius 3 is 2.40 bits per heavy atom.